The molecule has 21 heavy (non-hydrogen) atoms. The van der Waals surface area contributed by atoms with E-state index < -0.39 is 0 Å². The van der Waals surface area contributed by atoms with Crippen molar-refractivity contribution in [3.05, 3.63) is 29.7 Å². The van der Waals surface area contributed by atoms with Crippen molar-refractivity contribution >= 4 is 5.91 Å². The lowest BCUT2D eigenvalue weighted by Crippen LogP contribution is -2.26. The standard InChI is InChI=1S/C14H19N5O2/c1-9(2)19-8-16-17-13(19)5-6-15-14(20)12-7-11(18-21-12)10-3-4-10/h7-10H,3-6H2,1-2H3,(H,15,20). The fraction of sp³-hybridized carbons (Fsp3) is 0.571. The number of aromatic nitrogens is 4. The lowest BCUT2D eigenvalue weighted by atomic mass is 10.2. The van der Waals surface area contributed by atoms with E-state index in [0.29, 0.717) is 24.9 Å². The largest absolute Gasteiger partial charge is 0.351 e. The fourth-order valence-corrected chi connectivity index (χ4v) is 2.22. The van der Waals surface area contributed by atoms with Gasteiger partial charge in [-0.3, -0.25) is 4.79 Å². The molecule has 1 saturated carbocycles. The van der Waals surface area contributed by atoms with Crippen LogP contribution in [-0.2, 0) is 6.42 Å². The molecular weight excluding hydrogens is 270 g/mol. The summed E-state index contributed by atoms with van der Waals surface area (Å²) in [7, 11) is 0. The highest BCUT2D eigenvalue weighted by Crippen LogP contribution is 2.39. The van der Waals surface area contributed by atoms with Gasteiger partial charge in [-0.2, -0.15) is 0 Å². The summed E-state index contributed by atoms with van der Waals surface area (Å²) in [5.74, 6) is 1.40. The summed E-state index contributed by atoms with van der Waals surface area (Å²) in [6.07, 6.45) is 4.62. The molecule has 1 aliphatic carbocycles. The molecule has 2 aromatic heterocycles. The van der Waals surface area contributed by atoms with Gasteiger partial charge in [0.05, 0.1) is 5.69 Å². The molecule has 2 heterocycles. The molecule has 0 spiro atoms. The van der Waals surface area contributed by atoms with E-state index in [9.17, 15) is 4.79 Å². The van der Waals surface area contributed by atoms with Crippen LogP contribution < -0.4 is 5.32 Å². The first-order valence-corrected chi connectivity index (χ1v) is 7.28. The van der Waals surface area contributed by atoms with Crippen molar-refractivity contribution in [2.24, 2.45) is 0 Å². The molecule has 0 radical (unpaired) electrons. The molecule has 0 aromatic carbocycles. The van der Waals surface area contributed by atoms with Gasteiger partial charge in [0.15, 0.2) is 0 Å². The first-order chi connectivity index (χ1) is 10.1. The van der Waals surface area contributed by atoms with Crippen LogP contribution in [0.15, 0.2) is 16.9 Å². The minimum absolute atomic E-state index is 0.231. The topological polar surface area (TPSA) is 85.8 Å². The Labute approximate surface area is 122 Å². The van der Waals surface area contributed by atoms with E-state index in [-0.39, 0.29) is 11.7 Å². The summed E-state index contributed by atoms with van der Waals surface area (Å²) in [6.45, 7) is 4.63. The Kier molecular flexibility index (Phi) is 3.72. The van der Waals surface area contributed by atoms with Crippen molar-refractivity contribution in [3.63, 3.8) is 0 Å². The zero-order valence-corrected chi connectivity index (χ0v) is 12.2. The van der Waals surface area contributed by atoms with Gasteiger partial charge in [0.2, 0.25) is 5.76 Å². The number of amides is 1. The van der Waals surface area contributed by atoms with E-state index >= 15 is 0 Å². The SMILES string of the molecule is CC(C)n1cnnc1CCNC(=O)c1cc(C2CC2)no1. The number of hydrogen-bond donors (Lipinski definition) is 1. The number of carbonyl (C=O) groups excluding carboxylic acids is 1. The van der Waals surface area contributed by atoms with Crippen molar-refractivity contribution in [1.82, 2.24) is 25.2 Å². The van der Waals surface area contributed by atoms with E-state index in [1.54, 1.807) is 12.4 Å². The van der Waals surface area contributed by atoms with Crippen LogP contribution >= 0.6 is 0 Å². The van der Waals surface area contributed by atoms with Crippen molar-refractivity contribution in [3.8, 4) is 0 Å². The Morgan fingerprint density at radius 1 is 1.52 bits per heavy atom. The smallest absolute Gasteiger partial charge is 0.289 e. The highest BCUT2D eigenvalue weighted by Gasteiger charge is 2.28. The molecule has 0 aliphatic heterocycles. The Morgan fingerprint density at radius 2 is 2.33 bits per heavy atom. The molecule has 0 atom stereocenters. The minimum Gasteiger partial charge on any atom is -0.351 e. The first-order valence-electron chi connectivity index (χ1n) is 7.28. The molecule has 7 heteroatoms. The lowest BCUT2D eigenvalue weighted by Gasteiger charge is -2.09. The number of nitrogens with one attached hydrogen (secondary N) is 1. The van der Waals surface area contributed by atoms with Gasteiger partial charge in [0.25, 0.3) is 5.91 Å². The van der Waals surface area contributed by atoms with Crippen molar-refractivity contribution in [1.29, 1.82) is 0 Å². The second-order valence-corrected chi connectivity index (χ2v) is 5.64. The van der Waals surface area contributed by atoms with Gasteiger partial charge < -0.3 is 14.4 Å². The van der Waals surface area contributed by atoms with Gasteiger partial charge in [-0.1, -0.05) is 5.16 Å². The van der Waals surface area contributed by atoms with Gasteiger partial charge in [-0.05, 0) is 26.7 Å². The highest BCUT2D eigenvalue weighted by atomic mass is 16.5. The average Bonchev–Trinajstić information content (AvgIpc) is 3.01. The molecule has 2 aromatic rings. The van der Waals surface area contributed by atoms with Crippen LogP contribution in [0.3, 0.4) is 0 Å². The summed E-state index contributed by atoms with van der Waals surface area (Å²) in [6, 6.07) is 2.05. The summed E-state index contributed by atoms with van der Waals surface area (Å²) >= 11 is 0. The van der Waals surface area contributed by atoms with Crippen molar-refractivity contribution in [2.45, 2.75) is 45.1 Å². The van der Waals surface area contributed by atoms with Crippen LogP contribution in [-0.4, -0.2) is 32.4 Å². The van der Waals surface area contributed by atoms with Crippen molar-refractivity contribution < 1.29 is 9.32 Å². The molecule has 0 bridgehead atoms. The number of hydrogen-bond acceptors (Lipinski definition) is 5. The predicted molar refractivity (Wildman–Crippen MR) is 74.9 cm³/mol. The summed E-state index contributed by atoms with van der Waals surface area (Å²) in [5.41, 5.74) is 0.889. The van der Waals surface area contributed by atoms with Gasteiger partial charge in [0.1, 0.15) is 12.2 Å². The van der Waals surface area contributed by atoms with Crippen LogP contribution in [0.25, 0.3) is 0 Å². The normalized spacial score (nSPS) is 14.6. The average molecular weight is 289 g/mol. The Hall–Kier alpha value is -2.18. The molecule has 3 rings (SSSR count). The third-order valence-corrected chi connectivity index (χ3v) is 3.59. The summed E-state index contributed by atoms with van der Waals surface area (Å²) in [5, 5.41) is 14.7. The molecule has 1 N–H and O–H groups in total. The monoisotopic (exact) mass is 289 g/mol. The zero-order valence-electron chi connectivity index (χ0n) is 12.2. The third-order valence-electron chi connectivity index (χ3n) is 3.59. The number of carbonyl (C=O) groups is 1. The maximum atomic E-state index is 12.0. The molecule has 1 amide bonds. The van der Waals surface area contributed by atoms with E-state index in [4.69, 9.17) is 4.52 Å². The van der Waals surface area contributed by atoms with E-state index in [2.05, 4.69) is 34.5 Å². The van der Waals surface area contributed by atoms with Gasteiger partial charge >= 0.3 is 0 Å². The number of nitrogens with zero attached hydrogens (tertiary/aromatic N) is 4. The Balaban J connectivity index is 1.52. The molecule has 1 fully saturated rings. The quantitative estimate of drug-likeness (QED) is 0.874. The van der Waals surface area contributed by atoms with Gasteiger partial charge in [0, 0.05) is 31.0 Å². The van der Waals surface area contributed by atoms with Crippen LogP contribution in [0.2, 0.25) is 0 Å². The molecule has 0 saturated heterocycles. The van der Waals surface area contributed by atoms with Crippen LogP contribution in [0.4, 0.5) is 0 Å². The molecule has 112 valence electrons. The second kappa shape index (κ2) is 5.67. The number of rotatable bonds is 6. The lowest BCUT2D eigenvalue weighted by molar-refractivity contribution is 0.0917. The van der Waals surface area contributed by atoms with Crippen molar-refractivity contribution in [2.75, 3.05) is 6.54 Å². The maximum Gasteiger partial charge on any atom is 0.289 e. The van der Waals surface area contributed by atoms with Gasteiger partial charge in [-0.25, -0.2) is 0 Å². The summed E-state index contributed by atoms with van der Waals surface area (Å²) < 4.78 is 7.07. The predicted octanol–water partition coefficient (Wildman–Crippen LogP) is 1.70. The molecule has 1 aliphatic rings. The molecular formula is C14H19N5O2. The van der Waals surface area contributed by atoms with Crippen LogP contribution in [0.5, 0.6) is 0 Å². The van der Waals surface area contributed by atoms with Crippen LogP contribution in [0.1, 0.15) is 60.7 Å². The Bertz CT molecular complexity index is 627. The first kappa shape index (κ1) is 13.8. The second-order valence-electron chi connectivity index (χ2n) is 5.64. The highest BCUT2D eigenvalue weighted by molar-refractivity contribution is 5.91. The molecule has 7 nitrogen and oxygen atoms in total. The fourth-order valence-electron chi connectivity index (χ4n) is 2.22. The van der Waals surface area contributed by atoms with E-state index in [1.807, 2.05) is 4.57 Å². The Morgan fingerprint density at radius 3 is 3.05 bits per heavy atom. The third kappa shape index (κ3) is 3.12. The maximum absolute atomic E-state index is 12.0. The van der Waals surface area contributed by atoms with Gasteiger partial charge in [-0.15, -0.1) is 10.2 Å². The minimum atomic E-state index is -0.231. The van der Waals surface area contributed by atoms with E-state index in [0.717, 1.165) is 24.4 Å². The molecule has 0 unspecified atom stereocenters. The van der Waals surface area contributed by atoms with Crippen LogP contribution in [0, 0.1) is 0 Å². The van der Waals surface area contributed by atoms with E-state index in [1.165, 1.54) is 0 Å². The zero-order chi connectivity index (χ0) is 14.8. The summed E-state index contributed by atoms with van der Waals surface area (Å²) in [4.78, 5) is 12.0.